The van der Waals surface area contributed by atoms with Gasteiger partial charge in [-0.05, 0) is 30.4 Å². The molecule has 6 heteroatoms. The molecule has 2 aromatic heterocycles. The molecule has 0 saturated carbocycles. The molecule has 0 aliphatic heterocycles. The zero-order valence-electron chi connectivity index (χ0n) is 10.9. The van der Waals surface area contributed by atoms with Crippen LogP contribution < -0.4 is 4.74 Å². The third-order valence-electron chi connectivity index (χ3n) is 2.55. The SMILES string of the molecule is CCCOc1cncc(C(=O)c2snnc2CC)c1. The summed E-state index contributed by atoms with van der Waals surface area (Å²) >= 11 is 1.12. The number of hydrogen-bond donors (Lipinski definition) is 0. The summed E-state index contributed by atoms with van der Waals surface area (Å²) in [6.07, 6.45) is 4.76. The Morgan fingerprint density at radius 2 is 2.21 bits per heavy atom. The lowest BCUT2D eigenvalue weighted by atomic mass is 10.1. The molecule has 5 nitrogen and oxygen atoms in total. The average Bonchev–Trinajstić information content (AvgIpc) is 2.93. The van der Waals surface area contributed by atoms with Crippen molar-refractivity contribution in [1.82, 2.24) is 14.6 Å². The lowest BCUT2D eigenvalue weighted by Crippen LogP contribution is -2.04. The van der Waals surface area contributed by atoms with Crippen LogP contribution in [0, 0.1) is 0 Å². The van der Waals surface area contributed by atoms with Crippen molar-refractivity contribution in [2.45, 2.75) is 26.7 Å². The van der Waals surface area contributed by atoms with Crippen molar-refractivity contribution in [2.75, 3.05) is 6.61 Å². The molecule has 100 valence electrons. The Bertz CT molecular complexity index is 569. The summed E-state index contributed by atoms with van der Waals surface area (Å²) in [6, 6.07) is 1.71. The van der Waals surface area contributed by atoms with Gasteiger partial charge in [-0.25, -0.2) is 0 Å². The van der Waals surface area contributed by atoms with Gasteiger partial charge in [0.15, 0.2) is 0 Å². The van der Waals surface area contributed by atoms with Gasteiger partial charge in [0.1, 0.15) is 10.6 Å². The van der Waals surface area contributed by atoms with E-state index in [9.17, 15) is 4.79 Å². The topological polar surface area (TPSA) is 65.0 Å². The first-order valence-corrected chi connectivity index (χ1v) is 6.97. The maximum atomic E-state index is 12.3. The highest BCUT2D eigenvalue weighted by Crippen LogP contribution is 2.19. The van der Waals surface area contributed by atoms with Gasteiger partial charge in [0.2, 0.25) is 5.78 Å². The Morgan fingerprint density at radius 3 is 2.95 bits per heavy atom. The fourth-order valence-corrected chi connectivity index (χ4v) is 2.30. The molecule has 0 amide bonds. The summed E-state index contributed by atoms with van der Waals surface area (Å²) in [5.41, 5.74) is 1.24. The van der Waals surface area contributed by atoms with Gasteiger partial charge in [0.05, 0.1) is 18.5 Å². The lowest BCUT2D eigenvalue weighted by Gasteiger charge is -2.05. The average molecular weight is 277 g/mol. The van der Waals surface area contributed by atoms with Crippen LogP contribution in [0.5, 0.6) is 5.75 Å². The molecule has 0 radical (unpaired) electrons. The minimum Gasteiger partial charge on any atom is -0.492 e. The molecule has 19 heavy (non-hydrogen) atoms. The third-order valence-corrected chi connectivity index (χ3v) is 3.31. The second-order valence-corrected chi connectivity index (χ2v) is 4.74. The normalized spacial score (nSPS) is 10.4. The highest BCUT2D eigenvalue weighted by Gasteiger charge is 2.17. The van der Waals surface area contributed by atoms with Gasteiger partial charge < -0.3 is 4.74 Å². The second kappa shape index (κ2) is 6.38. The number of carbonyl (C=O) groups excluding carboxylic acids is 1. The Hall–Kier alpha value is -1.82. The summed E-state index contributed by atoms with van der Waals surface area (Å²) in [5, 5.41) is 3.95. The van der Waals surface area contributed by atoms with E-state index in [1.807, 2.05) is 13.8 Å². The van der Waals surface area contributed by atoms with Gasteiger partial charge >= 0.3 is 0 Å². The number of ether oxygens (including phenoxy) is 1. The van der Waals surface area contributed by atoms with Crippen molar-refractivity contribution in [3.8, 4) is 5.75 Å². The van der Waals surface area contributed by atoms with Gasteiger partial charge in [-0.15, -0.1) is 5.10 Å². The molecule has 2 heterocycles. The summed E-state index contributed by atoms with van der Waals surface area (Å²) in [6.45, 7) is 4.59. The fraction of sp³-hybridized carbons (Fsp3) is 0.385. The Morgan fingerprint density at radius 1 is 1.37 bits per heavy atom. The molecular weight excluding hydrogens is 262 g/mol. The quantitative estimate of drug-likeness (QED) is 0.759. The molecule has 0 atom stereocenters. The van der Waals surface area contributed by atoms with Gasteiger partial charge in [-0.1, -0.05) is 18.3 Å². The van der Waals surface area contributed by atoms with E-state index in [-0.39, 0.29) is 5.78 Å². The van der Waals surface area contributed by atoms with Gasteiger partial charge in [0.25, 0.3) is 0 Å². The van der Waals surface area contributed by atoms with Crippen LogP contribution in [0.25, 0.3) is 0 Å². The van der Waals surface area contributed by atoms with Gasteiger partial charge in [-0.2, -0.15) is 0 Å². The summed E-state index contributed by atoms with van der Waals surface area (Å²) in [7, 11) is 0. The number of nitrogens with zero attached hydrogens (tertiary/aromatic N) is 3. The van der Waals surface area contributed by atoms with Crippen molar-refractivity contribution >= 4 is 17.3 Å². The van der Waals surface area contributed by atoms with E-state index in [4.69, 9.17) is 4.74 Å². The van der Waals surface area contributed by atoms with Crippen LogP contribution >= 0.6 is 11.5 Å². The van der Waals surface area contributed by atoms with E-state index in [1.54, 1.807) is 18.5 Å². The molecule has 0 spiro atoms. The summed E-state index contributed by atoms with van der Waals surface area (Å²) in [5.74, 6) is 0.518. The van der Waals surface area contributed by atoms with E-state index in [0.717, 1.165) is 23.6 Å². The number of ketones is 1. The molecule has 2 aromatic rings. The predicted molar refractivity (Wildman–Crippen MR) is 72.7 cm³/mol. The van der Waals surface area contributed by atoms with E-state index in [1.165, 1.54) is 0 Å². The van der Waals surface area contributed by atoms with Crippen LogP contribution in [-0.4, -0.2) is 27.0 Å². The third kappa shape index (κ3) is 3.14. The van der Waals surface area contributed by atoms with E-state index in [2.05, 4.69) is 14.6 Å². The van der Waals surface area contributed by atoms with E-state index < -0.39 is 0 Å². The zero-order chi connectivity index (χ0) is 13.7. The van der Waals surface area contributed by atoms with Crippen molar-refractivity contribution in [2.24, 2.45) is 0 Å². The fourth-order valence-electron chi connectivity index (χ4n) is 1.59. The minimum atomic E-state index is -0.0960. The Balaban J connectivity index is 2.24. The molecule has 0 unspecified atom stereocenters. The van der Waals surface area contributed by atoms with Crippen molar-refractivity contribution in [3.63, 3.8) is 0 Å². The minimum absolute atomic E-state index is 0.0960. The Kier molecular flexibility index (Phi) is 4.57. The molecular formula is C13H15N3O2S. The number of hydrogen-bond acceptors (Lipinski definition) is 6. The zero-order valence-corrected chi connectivity index (χ0v) is 11.7. The standard InChI is InChI=1S/C13H15N3O2S/c1-3-5-18-10-6-9(7-14-8-10)12(17)13-11(4-2)15-16-19-13/h6-8H,3-5H2,1-2H3. The molecule has 2 rings (SSSR count). The van der Waals surface area contributed by atoms with Crippen molar-refractivity contribution in [1.29, 1.82) is 0 Å². The number of aromatic nitrogens is 3. The number of rotatable bonds is 6. The molecule has 0 saturated heterocycles. The molecule has 0 fully saturated rings. The highest BCUT2D eigenvalue weighted by atomic mass is 32.1. The molecule has 0 aliphatic carbocycles. The van der Waals surface area contributed by atoms with Crippen LogP contribution in [0.1, 0.15) is 41.2 Å². The number of pyridine rings is 1. The Labute approximate surface area is 115 Å². The second-order valence-electron chi connectivity index (χ2n) is 3.99. The highest BCUT2D eigenvalue weighted by molar-refractivity contribution is 7.08. The molecule has 0 aliphatic rings. The first-order valence-electron chi connectivity index (χ1n) is 6.20. The lowest BCUT2D eigenvalue weighted by molar-refractivity contribution is 0.104. The summed E-state index contributed by atoms with van der Waals surface area (Å²) in [4.78, 5) is 17.0. The van der Waals surface area contributed by atoms with E-state index in [0.29, 0.717) is 29.2 Å². The van der Waals surface area contributed by atoms with Gasteiger partial charge in [-0.3, -0.25) is 9.78 Å². The smallest absolute Gasteiger partial charge is 0.208 e. The van der Waals surface area contributed by atoms with Crippen LogP contribution in [0.4, 0.5) is 0 Å². The molecule has 0 aromatic carbocycles. The van der Waals surface area contributed by atoms with E-state index >= 15 is 0 Å². The van der Waals surface area contributed by atoms with Crippen LogP contribution in [0.2, 0.25) is 0 Å². The first-order chi connectivity index (χ1) is 9.26. The maximum absolute atomic E-state index is 12.3. The van der Waals surface area contributed by atoms with Crippen LogP contribution in [-0.2, 0) is 6.42 Å². The predicted octanol–water partition coefficient (Wildman–Crippen LogP) is 2.52. The van der Waals surface area contributed by atoms with Crippen LogP contribution in [0.15, 0.2) is 18.5 Å². The first kappa shape index (κ1) is 13.6. The maximum Gasteiger partial charge on any atom is 0.208 e. The monoisotopic (exact) mass is 277 g/mol. The number of carbonyl (C=O) groups is 1. The van der Waals surface area contributed by atoms with Crippen LogP contribution in [0.3, 0.4) is 0 Å². The summed E-state index contributed by atoms with van der Waals surface area (Å²) < 4.78 is 9.31. The molecule has 0 bridgehead atoms. The number of aryl methyl sites for hydroxylation is 1. The van der Waals surface area contributed by atoms with Crippen molar-refractivity contribution in [3.05, 3.63) is 34.6 Å². The van der Waals surface area contributed by atoms with Crippen molar-refractivity contribution < 1.29 is 9.53 Å². The van der Waals surface area contributed by atoms with Gasteiger partial charge in [0, 0.05) is 11.8 Å². The molecule has 0 N–H and O–H groups in total. The largest absolute Gasteiger partial charge is 0.492 e.